The van der Waals surface area contributed by atoms with Crippen molar-refractivity contribution in [2.75, 3.05) is 39.4 Å². The van der Waals surface area contributed by atoms with Crippen LogP contribution in [0.15, 0.2) is 48.5 Å². The first-order valence-electron chi connectivity index (χ1n) is 9.27. The first-order valence-corrected chi connectivity index (χ1v) is 9.65. The van der Waals surface area contributed by atoms with Crippen LogP contribution in [0.4, 0.5) is 0 Å². The summed E-state index contributed by atoms with van der Waals surface area (Å²) in [5.74, 6) is 0.440. The Bertz CT molecular complexity index is 748. The van der Waals surface area contributed by atoms with Gasteiger partial charge in [-0.05, 0) is 31.2 Å². The van der Waals surface area contributed by atoms with Crippen molar-refractivity contribution >= 4 is 17.5 Å². The van der Waals surface area contributed by atoms with Gasteiger partial charge in [0.15, 0.2) is 0 Å². The molecule has 0 saturated carbocycles. The second kappa shape index (κ2) is 10.3. The fraction of sp³-hybridized carbons (Fsp3) is 0.381. The van der Waals surface area contributed by atoms with E-state index in [2.05, 4.69) is 10.2 Å². The maximum absolute atomic E-state index is 12.5. The van der Waals surface area contributed by atoms with Crippen LogP contribution in [0.5, 0.6) is 5.75 Å². The highest BCUT2D eigenvalue weighted by Gasteiger charge is 2.13. The van der Waals surface area contributed by atoms with E-state index in [4.69, 9.17) is 21.1 Å². The molecule has 2 aromatic carbocycles. The molecule has 1 saturated heterocycles. The number of nitrogens with one attached hydrogen (secondary N) is 1. The number of amides is 1. The Morgan fingerprint density at radius 1 is 1.11 bits per heavy atom. The van der Waals surface area contributed by atoms with Crippen LogP contribution in [0.25, 0.3) is 0 Å². The molecule has 1 amide bonds. The highest BCUT2D eigenvalue weighted by molar-refractivity contribution is 6.31. The van der Waals surface area contributed by atoms with Crippen LogP contribution >= 0.6 is 11.6 Å². The fourth-order valence-electron chi connectivity index (χ4n) is 2.98. The maximum Gasteiger partial charge on any atom is 0.255 e. The summed E-state index contributed by atoms with van der Waals surface area (Å²) in [4.78, 5) is 14.9. The summed E-state index contributed by atoms with van der Waals surface area (Å²) in [6, 6.07) is 14.8. The van der Waals surface area contributed by atoms with Crippen molar-refractivity contribution in [2.45, 2.75) is 13.0 Å². The highest BCUT2D eigenvalue weighted by atomic mass is 35.5. The van der Waals surface area contributed by atoms with Gasteiger partial charge in [0.2, 0.25) is 0 Å². The average Bonchev–Trinajstić information content (AvgIpc) is 2.71. The molecule has 144 valence electrons. The molecule has 3 rings (SSSR count). The summed E-state index contributed by atoms with van der Waals surface area (Å²) in [6.45, 7) is 5.44. The number of halogens is 1. The van der Waals surface area contributed by atoms with Crippen molar-refractivity contribution in [3.63, 3.8) is 0 Å². The maximum atomic E-state index is 12.5. The molecule has 27 heavy (non-hydrogen) atoms. The fourth-order valence-corrected chi connectivity index (χ4v) is 3.17. The smallest absolute Gasteiger partial charge is 0.255 e. The number of rotatable bonds is 8. The van der Waals surface area contributed by atoms with Crippen molar-refractivity contribution in [2.24, 2.45) is 0 Å². The molecule has 0 atom stereocenters. The third kappa shape index (κ3) is 5.96. The molecule has 6 heteroatoms. The molecule has 0 radical (unpaired) electrons. The third-order valence-electron chi connectivity index (χ3n) is 4.51. The summed E-state index contributed by atoms with van der Waals surface area (Å²) in [6.07, 6.45) is 0.911. The summed E-state index contributed by atoms with van der Waals surface area (Å²) < 4.78 is 11.2. The second-order valence-corrected chi connectivity index (χ2v) is 6.85. The molecule has 0 aliphatic carbocycles. The minimum atomic E-state index is -0.119. The van der Waals surface area contributed by atoms with Gasteiger partial charge in [0, 0.05) is 30.2 Å². The predicted octanol–water partition coefficient (Wildman–Crippen LogP) is 3.37. The van der Waals surface area contributed by atoms with E-state index in [0.29, 0.717) is 29.5 Å². The van der Waals surface area contributed by atoms with Crippen LogP contribution < -0.4 is 10.1 Å². The van der Waals surface area contributed by atoms with E-state index in [1.807, 2.05) is 36.4 Å². The number of carbonyl (C=O) groups excluding carboxylic acids is 1. The van der Waals surface area contributed by atoms with Gasteiger partial charge in [-0.25, -0.2) is 0 Å². The van der Waals surface area contributed by atoms with Crippen LogP contribution in [0, 0.1) is 0 Å². The molecule has 1 heterocycles. The molecule has 2 aromatic rings. The van der Waals surface area contributed by atoms with Gasteiger partial charge in [0.05, 0.1) is 18.8 Å². The van der Waals surface area contributed by atoms with Gasteiger partial charge in [0.1, 0.15) is 12.4 Å². The average molecular weight is 389 g/mol. The number of carbonyl (C=O) groups is 1. The number of nitrogens with zero attached hydrogens (tertiary/aromatic N) is 1. The van der Waals surface area contributed by atoms with Crippen molar-refractivity contribution < 1.29 is 14.3 Å². The number of benzene rings is 2. The number of hydrogen-bond acceptors (Lipinski definition) is 4. The molecule has 0 unspecified atom stereocenters. The lowest BCUT2D eigenvalue weighted by molar-refractivity contribution is 0.0374. The Morgan fingerprint density at radius 2 is 1.85 bits per heavy atom. The molecule has 0 aromatic heterocycles. The van der Waals surface area contributed by atoms with Crippen LogP contribution in [0.3, 0.4) is 0 Å². The van der Waals surface area contributed by atoms with Crippen molar-refractivity contribution in [1.82, 2.24) is 10.2 Å². The van der Waals surface area contributed by atoms with E-state index < -0.39 is 0 Å². The van der Waals surface area contributed by atoms with E-state index in [0.717, 1.165) is 44.8 Å². The Labute approximate surface area is 165 Å². The standard InChI is InChI=1S/C21H25ClN2O3/c22-19-8-3-1-6-17(19)16-27-20-9-4-2-7-18(20)21(25)23-10-5-11-24-12-14-26-15-13-24/h1-4,6-9H,5,10-16H2,(H,23,25). The molecule has 0 spiro atoms. The highest BCUT2D eigenvalue weighted by Crippen LogP contribution is 2.22. The Balaban J connectivity index is 1.50. The van der Waals surface area contributed by atoms with E-state index in [1.54, 1.807) is 12.1 Å². The van der Waals surface area contributed by atoms with Gasteiger partial charge in [-0.2, -0.15) is 0 Å². The van der Waals surface area contributed by atoms with E-state index >= 15 is 0 Å². The minimum absolute atomic E-state index is 0.119. The summed E-state index contributed by atoms with van der Waals surface area (Å²) >= 11 is 6.17. The first-order chi connectivity index (χ1) is 13.2. The van der Waals surface area contributed by atoms with Crippen molar-refractivity contribution in [1.29, 1.82) is 0 Å². The molecule has 0 bridgehead atoms. The zero-order valence-electron chi connectivity index (χ0n) is 15.3. The summed E-state index contributed by atoms with van der Waals surface area (Å²) in [5, 5.41) is 3.64. The number of hydrogen-bond donors (Lipinski definition) is 1. The largest absolute Gasteiger partial charge is 0.488 e. The molecule has 5 nitrogen and oxygen atoms in total. The monoisotopic (exact) mass is 388 g/mol. The Kier molecular flexibility index (Phi) is 7.51. The number of ether oxygens (including phenoxy) is 2. The lowest BCUT2D eigenvalue weighted by atomic mass is 10.2. The number of morpholine rings is 1. The summed E-state index contributed by atoms with van der Waals surface area (Å²) in [7, 11) is 0. The third-order valence-corrected chi connectivity index (χ3v) is 4.88. The molecule has 1 aliphatic heterocycles. The molecule has 1 fully saturated rings. The quantitative estimate of drug-likeness (QED) is 0.704. The predicted molar refractivity (Wildman–Crippen MR) is 106 cm³/mol. The van der Waals surface area contributed by atoms with E-state index in [1.165, 1.54) is 0 Å². The van der Waals surface area contributed by atoms with Crippen LogP contribution in [0.1, 0.15) is 22.3 Å². The van der Waals surface area contributed by atoms with Gasteiger partial charge in [-0.15, -0.1) is 0 Å². The van der Waals surface area contributed by atoms with Crippen LogP contribution in [0.2, 0.25) is 5.02 Å². The van der Waals surface area contributed by atoms with Gasteiger partial charge >= 0.3 is 0 Å². The van der Waals surface area contributed by atoms with Gasteiger partial charge < -0.3 is 14.8 Å². The number of para-hydroxylation sites is 1. The lowest BCUT2D eigenvalue weighted by Crippen LogP contribution is -2.38. The van der Waals surface area contributed by atoms with Gasteiger partial charge in [0.25, 0.3) is 5.91 Å². The SMILES string of the molecule is O=C(NCCCN1CCOCC1)c1ccccc1OCc1ccccc1Cl. The normalized spacial score (nSPS) is 14.7. The molecular formula is C21H25ClN2O3. The first kappa shape index (κ1) is 19.7. The van der Waals surface area contributed by atoms with Crippen molar-refractivity contribution in [3.8, 4) is 5.75 Å². The molecular weight excluding hydrogens is 364 g/mol. The second-order valence-electron chi connectivity index (χ2n) is 6.44. The van der Waals surface area contributed by atoms with Crippen molar-refractivity contribution in [3.05, 3.63) is 64.7 Å². The Morgan fingerprint density at radius 3 is 2.67 bits per heavy atom. The topological polar surface area (TPSA) is 50.8 Å². The van der Waals surface area contributed by atoms with E-state index in [-0.39, 0.29) is 5.91 Å². The molecule has 1 aliphatic rings. The zero-order chi connectivity index (χ0) is 18.9. The van der Waals surface area contributed by atoms with Crippen LogP contribution in [-0.2, 0) is 11.3 Å². The molecule has 1 N–H and O–H groups in total. The van der Waals surface area contributed by atoms with E-state index in [9.17, 15) is 4.79 Å². The van der Waals surface area contributed by atoms with Gasteiger partial charge in [-0.3, -0.25) is 9.69 Å². The zero-order valence-corrected chi connectivity index (χ0v) is 16.1. The van der Waals surface area contributed by atoms with Crippen LogP contribution in [-0.4, -0.2) is 50.2 Å². The van der Waals surface area contributed by atoms with Gasteiger partial charge in [-0.1, -0.05) is 41.9 Å². The summed E-state index contributed by atoms with van der Waals surface area (Å²) in [5.41, 5.74) is 1.43. The minimum Gasteiger partial charge on any atom is -0.488 e. The lowest BCUT2D eigenvalue weighted by Gasteiger charge is -2.26. The Hall–Kier alpha value is -2.08.